The van der Waals surface area contributed by atoms with E-state index in [9.17, 15) is 4.79 Å². The van der Waals surface area contributed by atoms with Gasteiger partial charge in [0.05, 0.1) is 6.04 Å². The molecule has 0 radical (unpaired) electrons. The van der Waals surface area contributed by atoms with Crippen LogP contribution in [-0.2, 0) is 11.3 Å². The molecular formula is C15H18ClN3O3. The number of carbonyl (C=O) groups excluding carboxylic acids is 1. The summed E-state index contributed by atoms with van der Waals surface area (Å²) >= 11 is 6.05. The van der Waals surface area contributed by atoms with E-state index in [1.807, 2.05) is 26.1 Å². The summed E-state index contributed by atoms with van der Waals surface area (Å²) in [5.74, 6) is 0.0626. The highest BCUT2D eigenvalue weighted by molar-refractivity contribution is 6.30. The van der Waals surface area contributed by atoms with Crippen LogP contribution in [-0.4, -0.2) is 29.6 Å². The van der Waals surface area contributed by atoms with Crippen LogP contribution in [0, 0.1) is 0 Å². The Morgan fingerprint density at radius 1 is 1.50 bits per heavy atom. The van der Waals surface area contributed by atoms with Crippen LogP contribution in [0.15, 0.2) is 35.1 Å². The lowest BCUT2D eigenvalue weighted by atomic mass is 10.1. The molecule has 0 saturated carbocycles. The highest BCUT2D eigenvalue weighted by atomic mass is 35.5. The van der Waals surface area contributed by atoms with Crippen LogP contribution in [0.25, 0.3) is 0 Å². The zero-order valence-corrected chi connectivity index (χ0v) is 13.2. The van der Waals surface area contributed by atoms with E-state index in [1.165, 1.54) is 0 Å². The lowest BCUT2D eigenvalue weighted by molar-refractivity contribution is -0.119. The number of benzene rings is 1. The summed E-state index contributed by atoms with van der Waals surface area (Å²) < 4.78 is 10.3. The van der Waals surface area contributed by atoms with E-state index in [1.54, 1.807) is 18.4 Å². The number of nitrogens with zero attached hydrogens (tertiary/aromatic N) is 2. The molecule has 2 rings (SSSR count). The Morgan fingerprint density at radius 2 is 2.27 bits per heavy atom. The fraction of sp³-hybridized carbons (Fsp3) is 0.333. The summed E-state index contributed by atoms with van der Waals surface area (Å²) in [4.78, 5) is 12.9. The van der Waals surface area contributed by atoms with Gasteiger partial charge in [0.1, 0.15) is 17.7 Å². The van der Waals surface area contributed by atoms with Crippen LogP contribution in [0.5, 0.6) is 5.75 Å². The van der Waals surface area contributed by atoms with E-state index >= 15 is 0 Å². The largest absolute Gasteiger partial charge is 0.483 e. The average molecular weight is 324 g/mol. The molecule has 1 heterocycles. The van der Waals surface area contributed by atoms with Crippen molar-refractivity contribution >= 4 is 17.5 Å². The molecule has 0 fully saturated rings. The van der Waals surface area contributed by atoms with Crippen molar-refractivity contribution in [2.75, 3.05) is 13.7 Å². The summed E-state index contributed by atoms with van der Waals surface area (Å²) in [6.07, 6.45) is 1.54. The van der Waals surface area contributed by atoms with Gasteiger partial charge in [0.25, 0.3) is 5.91 Å². The summed E-state index contributed by atoms with van der Waals surface area (Å²) in [5.41, 5.74) is 6.82. The third kappa shape index (κ3) is 4.22. The maximum absolute atomic E-state index is 10.9. The van der Waals surface area contributed by atoms with Gasteiger partial charge in [-0.05, 0) is 32.2 Å². The Balaban J connectivity index is 2.13. The van der Waals surface area contributed by atoms with Crippen molar-refractivity contribution < 1.29 is 14.1 Å². The molecule has 6 nitrogen and oxygen atoms in total. The van der Waals surface area contributed by atoms with Crippen LogP contribution in [0.4, 0.5) is 0 Å². The Hall–Kier alpha value is -2.05. The van der Waals surface area contributed by atoms with Gasteiger partial charge < -0.3 is 15.0 Å². The van der Waals surface area contributed by atoms with Crippen LogP contribution in [0.2, 0.25) is 5.02 Å². The van der Waals surface area contributed by atoms with E-state index in [4.69, 9.17) is 26.6 Å². The van der Waals surface area contributed by atoms with Gasteiger partial charge in [0, 0.05) is 23.2 Å². The smallest absolute Gasteiger partial charge is 0.255 e. The van der Waals surface area contributed by atoms with Gasteiger partial charge in [-0.15, -0.1) is 0 Å². The molecule has 2 N–H and O–H groups in total. The minimum Gasteiger partial charge on any atom is -0.483 e. The van der Waals surface area contributed by atoms with Crippen molar-refractivity contribution in [3.05, 3.63) is 46.8 Å². The van der Waals surface area contributed by atoms with E-state index in [0.29, 0.717) is 17.3 Å². The first-order valence-electron chi connectivity index (χ1n) is 6.77. The van der Waals surface area contributed by atoms with Crippen molar-refractivity contribution in [1.82, 2.24) is 10.1 Å². The van der Waals surface area contributed by atoms with Crippen LogP contribution >= 0.6 is 11.6 Å². The van der Waals surface area contributed by atoms with Crippen molar-refractivity contribution in [2.24, 2.45) is 5.73 Å². The van der Waals surface area contributed by atoms with Gasteiger partial charge in [0.15, 0.2) is 6.61 Å². The summed E-state index contributed by atoms with van der Waals surface area (Å²) in [6.45, 7) is 2.42. The molecule has 1 amide bonds. The fourth-order valence-corrected chi connectivity index (χ4v) is 2.22. The highest BCUT2D eigenvalue weighted by Crippen LogP contribution is 2.27. The molecule has 22 heavy (non-hydrogen) atoms. The van der Waals surface area contributed by atoms with E-state index in [2.05, 4.69) is 10.1 Å². The van der Waals surface area contributed by atoms with Gasteiger partial charge in [-0.1, -0.05) is 16.8 Å². The number of nitrogens with two attached hydrogens (primary N) is 1. The summed E-state index contributed by atoms with van der Waals surface area (Å²) in [7, 11) is 1.96. The first-order chi connectivity index (χ1) is 10.5. The first kappa shape index (κ1) is 16.3. The first-order valence-corrected chi connectivity index (χ1v) is 7.15. The molecule has 118 valence electrons. The lowest BCUT2D eigenvalue weighted by Gasteiger charge is -2.24. The molecule has 1 aromatic heterocycles. The van der Waals surface area contributed by atoms with E-state index < -0.39 is 5.91 Å². The SMILES string of the molecule is C[C@@H](c1ccon1)N(C)Cc1cc(Cl)ccc1OCC(N)=O. The number of hydrogen-bond acceptors (Lipinski definition) is 5. The third-order valence-corrected chi connectivity index (χ3v) is 3.59. The monoisotopic (exact) mass is 323 g/mol. The van der Waals surface area contributed by atoms with Crippen molar-refractivity contribution in [1.29, 1.82) is 0 Å². The maximum Gasteiger partial charge on any atom is 0.255 e. The summed E-state index contributed by atoms with van der Waals surface area (Å²) in [6, 6.07) is 7.13. The molecule has 0 aliphatic heterocycles. The van der Waals surface area contributed by atoms with Crippen molar-refractivity contribution in [2.45, 2.75) is 19.5 Å². The summed E-state index contributed by atoms with van der Waals surface area (Å²) in [5, 5.41) is 4.54. The molecule has 1 atom stereocenters. The Bertz CT molecular complexity index is 631. The molecule has 1 aromatic carbocycles. The number of hydrogen-bond donors (Lipinski definition) is 1. The van der Waals surface area contributed by atoms with E-state index in [-0.39, 0.29) is 12.6 Å². The molecule has 0 spiro atoms. The van der Waals surface area contributed by atoms with Gasteiger partial charge in [-0.3, -0.25) is 9.69 Å². The van der Waals surface area contributed by atoms with Crippen LogP contribution < -0.4 is 10.5 Å². The number of amides is 1. The molecule has 0 bridgehead atoms. The Morgan fingerprint density at radius 3 is 2.91 bits per heavy atom. The molecule has 0 aliphatic rings. The maximum atomic E-state index is 10.9. The molecular weight excluding hydrogens is 306 g/mol. The van der Waals surface area contributed by atoms with Crippen molar-refractivity contribution in [3.63, 3.8) is 0 Å². The number of carbonyl (C=O) groups is 1. The average Bonchev–Trinajstić information content (AvgIpc) is 2.99. The molecule has 7 heteroatoms. The Kier molecular flexibility index (Phi) is 5.41. The van der Waals surface area contributed by atoms with Crippen molar-refractivity contribution in [3.8, 4) is 5.75 Å². The quantitative estimate of drug-likeness (QED) is 0.846. The lowest BCUT2D eigenvalue weighted by Crippen LogP contribution is -2.24. The third-order valence-electron chi connectivity index (χ3n) is 3.36. The number of halogens is 1. The standard InChI is InChI=1S/C15H18ClN3O3/c1-10(13-5-6-22-18-13)19(2)8-11-7-12(16)3-4-14(11)21-9-15(17)20/h3-7,10H,8-9H2,1-2H3,(H2,17,20)/t10-/m0/s1. The van der Waals surface area contributed by atoms with Gasteiger partial charge >= 0.3 is 0 Å². The van der Waals surface area contributed by atoms with Crippen LogP contribution in [0.1, 0.15) is 24.2 Å². The highest BCUT2D eigenvalue weighted by Gasteiger charge is 2.17. The number of rotatable bonds is 7. The molecule has 0 saturated heterocycles. The van der Waals surface area contributed by atoms with E-state index in [0.717, 1.165) is 11.3 Å². The second-order valence-corrected chi connectivity index (χ2v) is 5.46. The molecule has 0 unspecified atom stereocenters. The molecule has 2 aromatic rings. The normalized spacial score (nSPS) is 12.4. The second-order valence-electron chi connectivity index (χ2n) is 5.02. The molecule has 0 aliphatic carbocycles. The zero-order chi connectivity index (χ0) is 16.1. The number of ether oxygens (including phenoxy) is 1. The fourth-order valence-electron chi connectivity index (χ4n) is 2.03. The van der Waals surface area contributed by atoms with Crippen LogP contribution in [0.3, 0.4) is 0 Å². The predicted molar refractivity (Wildman–Crippen MR) is 82.5 cm³/mol. The van der Waals surface area contributed by atoms with Gasteiger partial charge in [0.2, 0.25) is 0 Å². The topological polar surface area (TPSA) is 81.6 Å². The minimum absolute atomic E-state index is 0.0572. The number of primary amides is 1. The minimum atomic E-state index is -0.523. The predicted octanol–water partition coefficient (Wildman–Crippen LogP) is 2.39. The Labute approximate surface area is 133 Å². The van der Waals surface area contributed by atoms with Gasteiger partial charge in [-0.25, -0.2) is 0 Å². The zero-order valence-electron chi connectivity index (χ0n) is 12.5. The second kappa shape index (κ2) is 7.29. The number of aromatic nitrogens is 1. The van der Waals surface area contributed by atoms with Gasteiger partial charge in [-0.2, -0.15) is 0 Å².